The first-order chi connectivity index (χ1) is 9.98. The Kier molecular flexibility index (Phi) is 4.00. The van der Waals surface area contributed by atoms with Crippen LogP contribution in [0.3, 0.4) is 0 Å². The average Bonchev–Trinajstić information content (AvgIpc) is 2.94. The van der Waals surface area contributed by atoms with Gasteiger partial charge in [0.05, 0.1) is 11.5 Å². The topological polar surface area (TPSA) is 72.6 Å². The number of ether oxygens (including phenoxy) is 1. The number of thiocarbonyl (C=S) groups is 1. The van der Waals surface area contributed by atoms with Gasteiger partial charge in [0.1, 0.15) is 11.1 Å². The van der Waals surface area contributed by atoms with E-state index >= 15 is 0 Å². The second kappa shape index (κ2) is 5.64. The van der Waals surface area contributed by atoms with Crippen molar-refractivity contribution in [3.8, 4) is 0 Å². The van der Waals surface area contributed by atoms with E-state index in [1.165, 1.54) is 9.87 Å². The molecule has 2 aliphatic rings. The van der Waals surface area contributed by atoms with Crippen LogP contribution in [0.5, 0.6) is 0 Å². The standard InChI is InChI=1S/C14H18N2O3S2/c15-14(20)13-9-16(6-7-19-13)21(17,18)12-5-4-10-2-1-3-11(10)8-12/h4-5,8,13H,1-3,6-7,9H2,(H2,15,20). The third-order valence-electron chi connectivity index (χ3n) is 4.05. The van der Waals surface area contributed by atoms with Crippen molar-refractivity contribution in [3.63, 3.8) is 0 Å². The first-order valence-electron chi connectivity index (χ1n) is 7.01. The van der Waals surface area contributed by atoms with Gasteiger partial charge in [-0.1, -0.05) is 18.3 Å². The highest BCUT2D eigenvalue weighted by atomic mass is 32.2. The maximum atomic E-state index is 12.7. The summed E-state index contributed by atoms with van der Waals surface area (Å²) >= 11 is 4.90. The Hall–Kier alpha value is -1.02. The van der Waals surface area contributed by atoms with Crippen LogP contribution in [-0.2, 0) is 27.6 Å². The number of rotatable bonds is 3. The van der Waals surface area contributed by atoms with E-state index in [-0.39, 0.29) is 11.5 Å². The Morgan fingerprint density at radius 3 is 2.86 bits per heavy atom. The predicted molar refractivity (Wildman–Crippen MR) is 83.8 cm³/mol. The van der Waals surface area contributed by atoms with Gasteiger partial charge in [0.15, 0.2) is 0 Å². The van der Waals surface area contributed by atoms with E-state index in [1.54, 1.807) is 6.07 Å². The highest BCUT2D eigenvalue weighted by molar-refractivity contribution is 7.89. The number of hydrogen-bond acceptors (Lipinski definition) is 4. The minimum Gasteiger partial charge on any atom is -0.391 e. The molecule has 2 N–H and O–H groups in total. The Balaban J connectivity index is 1.88. The minimum absolute atomic E-state index is 0.189. The molecule has 1 aliphatic carbocycles. The van der Waals surface area contributed by atoms with Gasteiger partial charge < -0.3 is 10.5 Å². The molecule has 7 heteroatoms. The van der Waals surface area contributed by atoms with E-state index in [1.807, 2.05) is 12.1 Å². The fourth-order valence-corrected chi connectivity index (χ4v) is 4.49. The number of nitrogens with zero attached hydrogens (tertiary/aromatic N) is 1. The van der Waals surface area contributed by atoms with Crippen LogP contribution in [0.15, 0.2) is 23.1 Å². The maximum Gasteiger partial charge on any atom is 0.243 e. The number of sulfonamides is 1. The molecule has 1 aromatic carbocycles. The summed E-state index contributed by atoms with van der Waals surface area (Å²) in [4.78, 5) is 0.551. The number of hydrogen-bond donors (Lipinski definition) is 1. The normalized spacial score (nSPS) is 23.0. The zero-order valence-corrected chi connectivity index (χ0v) is 13.3. The van der Waals surface area contributed by atoms with E-state index in [2.05, 4.69) is 0 Å². The van der Waals surface area contributed by atoms with Gasteiger partial charge in [-0.3, -0.25) is 0 Å². The molecule has 21 heavy (non-hydrogen) atoms. The lowest BCUT2D eigenvalue weighted by atomic mass is 10.1. The molecule has 5 nitrogen and oxygen atoms in total. The molecular formula is C14H18N2O3S2. The predicted octanol–water partition coefficient (Wildman–Crippen LogP) is 0.851. The molecule has 1 heterocycles. The Morgan fingerprint density at radius 2 is 2.10 bits per heavy atom. The highest BCUT2D eigenvalue weighted by Gasteiger charge is 2.32. The molecule has 1 fully saturated rings. The molecule has 0 aromatic heterocycles. The van der Waals surface area contributed by atoms with Crippen LogP contribution in [0.25, 0.3) is 0 Å². The van der Waals surface area contributed by atoms with Gasteiger partial charge in [-0.25, -0.2) is 8.42 Å². The van der Waals surface area contributed by atoms with Crippen LogP contribution >= 0.6 is 12.2 Å². The number of nitrogens with two attached hydrogens (primary N) is 1. The van der Waals surface area contributed by atoms with Crippen molar-refractivity contribution in [2.24, 2.45) is 5.73 Å². The molecule has 0 bridgehead atoms. The Bertz CT molecular complexity index is 673. The van der Waals surface area contributed by atoms with Crippen molar-refractivity contribution in [1.29, 1.82) is 0 Å². The first kappa shape index (κ1) is 14.9. The van der Waals surface area contributed by atoms with Crippen molar-refractivity contribution >= 4 is 27.2 Å². The molecule has 0 amide bonds. The zero-order chi connectivity index (χ0) is 15.0. The van der Waals surface area contributed by atoms with Crippen LogP contribution < -0.4 is 5.73 Å². The summed E-state index contributed by atoms with van der Waals surface area (Å²) in [5.41, 5.74) is 7.98. The molecule has 1 atom stereocenters. The summed E-state index contributed by atoms with van der Waals surface area (Å²) in [5.74, 6) is 0. The van der Waals surface area contributed by atoms with Gasteiger partial charge in [-0.2, -0.15) is 4.31 Å². The van der Waals surface area contributed by atoms with Gasteiger partial charge >= 0.3 is 0 Å². The number of morpholine rings is 1. The van der Waals surface area contributed by atoms with Gasteiger partial charge in [-0.15, -0.1) is 0 Å². The average molecular weight is 326 g/mol. The van der Waals surface area contributed by atoms with Gasteiger partial charge in [0, 0.05) is 13.1 Å². The lowest BCUT2D eigenvalue weighted by Crippen LogP contribution is -2.49. The van der Waals surface area contributed by atoms with Crippen molar-refractivity contribution in [1.82, 2.24) is 4.31 Å². The monoisotopic (exact) mass is 326 g/mol. The molecule has 0 spiro atoms. The summed E-state index contributed by atoms with van der Waals surface area (Å²) in [6.07, 6.45) is 2.59. The van der Waals surface area contributed by atoms with Gasteiger partial charge in [-0.05, 0) is 42.5 Å². The third kappa shape index (κ3) is 2.83. The van der Waals surface area contributed by atoms with Crippen molar-refractivity contribution < 1.29 is 13.2 Å². The lowest BCUT2D eigenvalue weighted by Gasteiger charge is -2.31. The molecule has 1 aliphatic heterocycles. The summed E-state index contributed by atoms with van der Waals surface area (Å²) in [6, 6.07) is 5.44. The quantitative estimate of drug-likeness (QED) is 0.834. The molecule has 1 aromatic rings. The van der Waals surface area contributed by atoms with Crippen LogP contribution in [-0.4, -0.2) is 43.5 Å². The second-order valence-corrected chi connectivity index (χ2v) is 7.82. The lowest BCUT2D eigenvalue weighted by molar-refractivity contribution is 0.0386. The van der Waals surface area contributed by atoms with E-state index in [9.17, 15) is 8.42 Å². The summed E-state index contributed by atoms with van der Waals surface area (Å²) in [7, 11) is -3.51. The van der Waals surface area contributed by atoms with Crippen LogP contribution in [0.1, 0.15) is 17.5 Å². The number of fused-ring (bicyclic) bond motifs is 1. The number of benzene rings is 1. The SMILES string of the molecule is NC(=S)C1CN(S(=O)(=O)c2ccc3c(c2)CCC3)CCO1. The van der Waals surface area contributed by atoms with Crippen molar-refractivity contribution in [2.45, 2.75) is 30.3 Å². The second-order valence-electron chi connectivity index (χ2n) is 5.41. The Morgan fingerprint density at radius 1 is 1.33 bits per heavy atom. The van der Waals surface area contributed by atoms with Crippen molar-refractivity contribution in [2.75, 3.05) is 19.7 Å². The molecule has 0 saturated carbocycles. The summed E-state index contributed by atoms with van der Waals surface area (Å²) in [6.45, 7) is 0.833. The van der Waals surface area contributed by atoms with E-state index in [4.69, 9.17) is 22.7 Å². The maximum absolute atomic E-state index is 12.7. The molecule has 1 saturated heterocycles. The summed E-state index contributed by atoms with van der Waals surface area (Å²) < 4.78 is 32.3. The first-order valence-corrected chi connectivity index (χ1v) is 8.86. The smallest absolute Gasteiger partial charge is 0.243 e. The molecule has 3 rings (SSSR count). The molecule has 1 unspecified atom stereocenters. The van der Waals surface area contributed by atoms with Gasteiger partial charge in [0.25, 0.3) is 0 Å². The minimum atomic E-state index is -3.51. The zero-order valence-electron chi connectivity index (χ0n) is 11.6. The molecule has 114 valence electrons. The van der Waals surface area contributed by atoms with Crippen LogP contribution in [0, 0.1) is 0 Å². The van der Waals surface area contributed by atoms with E-state index < -0.39 is 16.1 Å². The van der Waals surface area contributed by atoms with E-state index in [0.717, 1.165) is 24.8 Å². The molecular weight excluding hydrogens is 308 g/mol. The molecule has 0 radical (unpaired) electrons. The fraction of sp³-hybridized carbons (Fsp3) is 0.500. The summed E-state index contributed by atoms with van der Waals surface area (Å²) in [5, 5.41) is 0. The van der Waals surface area contributed by atoms with Crippen LogP contribution in [0.2, 0.25) is 0 Å². The van der Waals surface area contributed by atoms with Crippen LogP contribution in [0.4, 0.5) is 0 Å². The van der Waals surface area contributed by atoms with E-state index in [0.29, 0.717) is 18.0 Å². The fourth-order valence-electron chi connectivity index (χ4n) is 2.87. The number of aryl methyl sites for hydroxylation is 2. The largest absolute Gasteiger partial charge is 0.391 e. The Labute approximate surface area is 130 Å². The highest BCUT2D eigenvalue weighted by Crippen LogP contribution is 2.27. The third-order valence-corrected chi connectivity index (χ3v) is 6.18. The van der Waals surface area contributed by atoms with Gasteiger partial charge in [0.2, 0.25) is 10.0 Å². The van der Waals surface area contributed by atoms with Crippen molar-refractivity contribution in [3.05, 3.63) is 29.3 Å².